The molecule has 1 aliphatic rings. The molecule has 0 aromatic heterocycles. The van der Waals surface area contributed by atoms with E-state index in [0.717, 1.165) is 6.54 Å². The number of hydrogen-bond acceptors (Lipinski definition) is 4. The number of carboxylic acids is 1. The third kappa shape index (κ3) is 3.10. The summed E-state index contributed by atoms with van der Waals surface area (Å²) in [7, 11) is 0. The largest absolute Gasteiger partial charge is 0.478 e. The molecule has 0 spiro atoms. The highest BCUT2D eigenvalue weighted by atomic mass is 16.4. The molecule has 80 valence electrons. The summed E-state index contributed by atoms with van der Waals surface area (Å²) < 4.78 is 0. The molecule has 1 rings (SSSR count). The van der Waals surface area contributed by atoms with Crippen molar-refractivity contribution in [1.29, 1.82) is 0 Å². The van der Waals surface area contributed by atoms with E-state index >= 15 is 0 Å². The number of hydrogen-bond donors (Lipinski definition) is 3. The summed E-state index contributed by atoms with van der Waals surface area (Å²) in [6.45, 7) is 1.10. The van der Waals surface area contributed by atoms with Crippen LogP contribution in [0.3, 0.4) is 0 Å². The standard InChI is InChI=1S/C9H15NO4/c11-6-8(12)5-10-3-1-2-7(4-10)9(13)14/h2,8,11-12H,1,3-6H2,(H,13,14). The van der Waals surface area contributed by atoms with Gasteiger partial charge in [0.2, 0.25) is 0 Å². The first kappa shape index (κ1) is 11.2. The lowest BCUT2D eigenvalue weighted by molar-refractivity contribution is -0.133. The van der Waals surface area contributed by atoms with Crippen LogP contribution in [-0.2, 0) is 4.79 Å². The molecule has 1 unspecified atom stereocenters. The van der Waals surface area contributed by atoms with E-state index in [4.69, 9.17) is 10.2 Å². The van der Waals surface area contributed by atoms with E-state index in [9.17, 15) is 9.90 Å². The first-order valence-corrected chi connectivity index (χ1v) is 4.57. The molecule has 0 bridgehead atoms. The number of carboxylic acid groups (broad SMARTS) is 1. The zero-order valence-electron chi connectivity index (χ0n) is 7.89. The predicted octanol–water partition coefficient (Wildman–Crippen LogP) is -0.944. The van der Waals surface area contributed by atoms with Crippen molar-refractivity contribution in [2.75, 3.05) is 26.2 Å². The van der Waals surface area contributed by atoms with Crippen LogP contribution in [-0.4, -0.2) is 58.5 Å². The number of aliphatic hydroxyl groups excluding tert-OH is 2. The second-order valence-corrected chi connectivity index (χ2v) is 3.39. The topological polar surface area (TPSA) is 81.0 Å². The Balaban J connectivity index is 2.44. The fourth-order valence-electron chi connectivity index (χ4n) is 1.47. The molecule has 1 aliphatic heterocycles. The molecule has 1 heterocycles. The van der Waals surface area contributed by atoms with Gasteiger partial charge in [0.1, 0.15) is 0 Å². The molecule has 0 aliphatic carbocycles. The molecule has 0 aromatic rings. The summed E-state index contributed by atoms with van der Waals surface area (Å²) in [6, 6.07) is 0. The average Bonchev–Trinajstić information content (AvgIpc) is 2.18. The molecule has 0 saturated heterocycles. The Morgan fingerprint density at radius 1 is 1.64 bits per heavy atom. The van der Waals surface area contributed by atoms with Crippen LogP contribution in [0.15, 0.2) is 11.6 Å². The molecular formula is C9H15NO4. The maximum atomic E-state index is 10.6. The second-order valence-electron chi connectivity index (χ2n) is 3.39. The molecule has 14 heavy (non-hydrogen) atoms. The van der Waals surface area contributed by atoms with Gasteiger partial charge in [0.15, 0.2) is 0 Å². The van der Waals surface area contributed by atoms with Gasteiger partial charge in [-0.3, -0.25) is 4.90 Å². The van der Waals surface area contributed by atoms with Crippen LogP contribution in [0, 0.1) is 0 Å². The van der Waals surface area contributed by atoms with Gasteiger partial charge in [0, 0.05) is 25.2 Å². The van der Waals surface area contributed by atoms with Crippen LogP contribution in [0.5, 0.6) is 0 Å². The van der Waals surface area contributed by atoms with E-state index < -0.39 is 12.1 Å². The molecule has 1 atom stereocenters. The van der Waals surface area contributed by atoms with Crippen LogP contribution in [0.2, 0.25) is 0 Å². The fourth-order valence-corrected chi connectivity index (χ4v) is 1.47. The van der Waals surface area contributed by atoms with E-state index in [0.29, 0.717) is 25.1 Å². The highest BCUT2D eigenvalue weighted by Crippen LogP contribution is 2.09. The van der Waals surface area contributed by atoms with Crippen LogP contribution in [0.1, 0.15) is 6.42 Å². The molecule has 3 N–H and O–H groups in total. The van der Waals surface area contributed by atoms with Crippen LogP contribution < -0.4 is 0 Å². The molecular weight excluding hydrogens is 186 g/mol. The van der Waals surface area contributed by atoms with Crippen molar-refractivity contribution in [2.45, 2.75) is 12.5 Å². The summed E-state index contributed by atoms with van der Waals surface area (Å²) in [4.78, 5) is 12.5. The van der Waals surface area contributed by atoms with Crippen molar-refractivity contribution in [1.82, 2.24) is 4.90 Å². The van der Waals surface area contributed by atoms with Gasteiger partial charge in [-0.25, -0.2) is 4.79 Å². The molecule has 0 fully saturated rings. The summed E-state index contributed by atoms with van der Waals surface area (Å²) in [5.41, 5.74) is 0.362. The fraction of sp³-hybridized carbons (Fsp3) is 0.667. The van der Waals surface area contributed by atoms with Gasteiger partial charge in [-0.15, -0.1) is 0 Å². The van der Waals surface area contributed by atoms with Gasteiger partial charge < -0.3 is 15.3 Å². The number of aliphatic carboxylic acids is 1. The minimum Gasteiger partial charge on any atom is -0.478 e. The first-order valence-electron chi connectivity index (χ1n) is 4.57. The number of β-amino-alcohol motifs (C(OH)–C–C–N with tert-alkyl or cyclic N) is 1. The zero-order chi connectivity index (χ0) is 10.6. The van der Waals surface area contributed by atoms with E-state index in [1.807, 2.05) is 4.90 Å². The lowest BCUT2D eigenvalue weighted by Gasteiger charge is -2.27. The summed E-state index contributed by atoms with van der Waals surface area (Å²) >= 11 is 0. The molecule has 5 heteroatoms. The van der Waals surface area contributed by atoms with Gasteiger partial charge in [0.25, 0.3) is 0 Å². The molecule has 5 nitrogen and oxygen atoms in total. The average molecular weight is 201 g/mol. The normalized spacial score (nSPS) is 20.3. The van der Waals surface area contributed by atoms with Crippen molar-refractivity contribution >= 4 is 5.97 Å². The van der Waals surface area contributed by atoms with Crippen LogP contribution in [0.4, 0.5) is 0 Å². The van der Waals surface area contributed by atoms with Gasteiger partial charge in [-0.1, -0.05) is 6.08 Å². The third-order valence-corrected chi connectivity index (χ3v) is 2.18. The molecule has 0 saturated carbocycles. The third-order valence-electron chi connectivity index (χ3n) is 2.18. The van der Waals surface area contributed by atoms with Crippen molar-refractivity contribution in [2.24, 2.45) is 0 Å². The van der Waals surface area contributed by atoms with Crippen molar-refractivity contribution in [3.05, 3.63) is 11.6 Å². The van der Waals surface area contributed by atoms with E-state index in [2.05, 4.69) is 0 Å². The number of rotatable bonds is 4. The summed E-state index contributed by atoms with van der Waals surface area (Å²) in [5, 5.41) is 26.5. The first-order chi connectivity index (χ1) is 6.63. The van der Waals surface area contributed by atoms with E-state index in [-0.39, 0.29) is 6.61 Å². The minimum atomic E-state index is -0.909. The van der Waals surface area contributed by atoms with Crippen molar-refractivity contribution in [3.63, 3.8) is 0 Å². The number of nitrogens with zero attached hydrogens (tertiary/aromatic N) is 1. The summed E-state index contributed by atoms with van der Waals surface area (Å²) in [5.74, 6) is -0.909. The maximum absolute atomic E-state index is 10.6. The Bertz CT molecular complexity index is 239. The molecule has 0 aromatic carbocycles. The van der Waals surface area contributed by atoms with Crippen LogP contribution in [0.25, 0.3) is 0 Å². The van der Waals surface area contributed by atoms with Crippen molar-refractivity contribution in [3.8, 4) is 0 Å². The van der Waals surface area contributed by atoms with Gasteiger partial charge in [-0.05, 0) is 6.42 Å². The Hall–Kier alpha value is -0.910. The van der Waals surface area contributed by atoms with Crippen molar-refractivity contribution < 1.29 is 20.1 Å². The van der Waals surface area contributed by atoms with Gasteiger partial charge in [-0.2, -0.15) is 0 Å². The number of carbonyl (C=O) groups is 1. The van der Waals surface area contributed by atoms with E-state index in [1.165, 1.54) is 0 Å². The van der Waals surface area contributed by atoms with Crippen LogP contribution >= 0.6 is 0 Å². The molecule has 0 amide bonds. The van der Waals surface area contributed by atoms with E-state index in [1.54, 1.807) is 6.08 Å². The SMILES string of the molecule is O=C(O)C1=CCCN(CC(O)CO)C1. The lowest BCUT2D eigenvalue weighted by atomic mass is 10.1. The Labute approximate surface area is 82.3 Å². The Kier molecular flexibility index (Phi) is 4.06. The lowest BCUT2D eigenvalue weighted by Crippen LogP contribution is -2.39. The smallest absolute Gasteiger partial charge is 0.332 e. The highest BCUT2D eigenvalue weighted by Gasteiger charge is 2.18. The van der Waals surface area contributed by atoms with Gasteiger partial charge in [0.05, 0.1) is 12.7 Å². The minimum absolute atomic E-state index is 0.289. The second kappa shape index (κ2) is 5.09. The summed E-state index contributed by atoms with van der Waals surface area (Å²) in [6.07, 6.45) is 1.59. The van der Waals surface area contributed by atoms with Gasteiger partial charge >= 0.3 is 5.97 Å². The Morgan fingerprint density at radius 3 is 2.93 bits per heavy atom. The number of aliphatic hydroxyl groups is 2. The highest BCUT2D eigenvalue weighted by molar-refractivity contribution is 5.87. The maximum Gasteiger partial charge on any atom is 0.332 e. The Morgan fingerprint density at radius 2 is 2.36 bits per heavy atom. The predicted molar refractivity (Wildman–Crippen MR) is 49.9 cm³/mol. The quantitative estimate of drug-likeness (QED) is 0.546. The monoisotopic (exact) mass is 201 g/mol. The zero-order valence-corrected chi connectivity index (χ0v) is 7.89. The molecule has 0 radical (unpaired) electrons.